The summed E-state index contributed by atoms with van der Waals surface area (Å²) in [5.41, 5.74) is 0. The summed E-state index contributed by atoms with van der Waals surface area (Å²) in [4.78, 5) is 21.8. The minimum atomic E-state index is -1.06. The van der Waals surface area contributed by atoms with E-state index < -0.39 is 12.6 Å². The Morgan fingerprint density at radius 2 is 1.83 bits per heavy atom. The average Bonchev–Trinajstić information content (AvgIpc) is 2.56. The average molecular weight is 257 g/mol. The van der Waals surface area contributed by atoms with E-state index in [2.05, 4.69) is 5.32 Å². The van der Waals surface area contributed by atoms with E-state index in [9.17, 15) is 9.59 Å². The van der Waals surface area contributed by atoms with Gasteiger partial charge in [-0.05, 0) is 25.7 Å². The summed E-state index contributed by atoms with van der Waals surface area (Å²) in [6.45, 7) is 1.42. The molecule has 1 rings (SSSR count). The van der Waals surface area contributed by atoms with Gasteiger partial charge in [-0.25, -0.2) is 4.79 Å². The van der Waals surface area contributed by atoms with Crippen LogP contribution < -0.4 is 5.32 Å². The van der Waals surface area contributed by atoms with Gasteiger partial charge in [0.25, 0.3) is 0 Å². The maximum atomic E-state index is 11.5. The van der Waals surface area contributed by atoms with Gasteiger partial charge in [0, 0.05) is 6.04 Å². The highest BCUT2D eigenvalue weighted by Crippen LogP contribution is 2.25. The molecule has 5 heteroatoms. The molecule has 0 spiro atoms. The third kappa shape index (κ3) is 6.00. The van der Waals surface area contributed by atoms with Gasteiger partial charge in [0.2, 0.25) is 5.91 Å². The fourth-order valence-corrected chi connectivity index (χ4v) is 2.46. The van der Waals surface area contributed by atoms with Crippen LogP contribution in [0.1, 0.15) is 45.4 Å². The lowest BCUT2D eigenvalue weighted by Crippen LogP contribution is -2.40. The molecule has 1 atom stereocenters. The van der Waals surface area contributed by atoms with Gasteiger partial charge in [0.15, 0.2) is 0 Å². The lowest BCUT2D eigenvalue weighted by atomic mass is 9.93. The lowest BCUT2D eigenvalue weighted by molar-refractivity contribution is -0.143. The summed E-state index contributed by atoms with van der Waals surface area (Å²) in [5.74, 6) is -0.747. The van der Waals surface area contributed by atoms with Gasteiger partial charge in [0.05, 0.1) is 0 Å². The van der Waals surface area contributed by atoms with Crippen molar-refractivity contribution >= 4 is 11.9 Å². The van der Waals surface area contributed by atoms with E-state index in [0.717, 1.165) is 12.8 Å². The Bertz CT molecular complexity index is 272. The number of carbonyl (C=O) groups is 2. The SMILES string of the molecule is C[C@H](NC(=O)COCC(=O)O)C1CCCCCC1. The number of ether oxygens (including phenoxy) is 1. The van der Waals surface area contributed by atoms with Crippen LogP contribution in [0.2, 0.25) is 0 Å². The molecule has 0 aromatic heterocycles. The number of hydrogen-bond donors (Lipinski definition) is 2. The maximum Gasteiger partial charge on any atom is 0.329 e. The Labute approximate surface area is 108 Å². The van der Waals surface area contributed by atoms with Crippen LogP contribution in [-0.4, -0.2) is 36.2 Å². The van der Waals surface area contributed by atoms with Crippen molar-refractivity contribution in [2.24, 2.45) is 5.92 Å². The number of carboxylic acid groups (broad SMARTS) is 1. The number of hydrogen-bond acceptors (Lipinski definition) is 3. The fourth-order valence-electron chi connectivity index (χ4n) is 2.46. The molecule has 18 heavy (non-hydrogen) atoms. The number of nitrogens with one attached hydrogen (secondary N) is 1. The fraction of sp³-hybridized carbons (Fsp3) is 0.846. The lowest BCUT2D eigenvalue weighted by Gasteiger charge is -2.23. The summed E-state index contributed by atoms with van der Waals surface area (Å²) in [5, 5.41) is 11.3. The molecule has 1 fully saturated rings. The van der Waals surface area contributed by atoms with Crippen molar-refractivity contribution in [3.05, 3.63) is 0 Å². The highest BCUT2D eigenvalue weighted by atomic mass is 16.5. The predicted molar refractivity (Wildman–Crippen MR) is 67.3 cm³/mol. The van der Waals surface area contributed by atoms with Crippen LogP contribution in [0, 0.1) is 5.92 Å². The van der Waals surface area contributed by atoms with Gasteiger partial charge in [-0.1, -0.05) is 25.7 Å². The number of rotatable bonds is 6. The molecule has 1 saturated carbocycles. The first kappa shape index (κ1) is 15.0. The van der Waals surface area contributed by atoms with E-state index >= 15 is 0 Å². The van der Waals surface area contributed by atoms with Gasteiger partial charge in [-0.2, -0.15) is 0 Å². The van der Waals surface area contributed by atoms with Crippen LogP contribution >= 0.6 is 0 Å². The van der Waals surface area contributed by atoms with E-state index in [1.54, 1.807) is 0 Å². The zero-order chi connectivity index (χ0) is 13.4. The van der Waals surface area contributed by atoms with Crippen LogP contribution in [0.25, 0.3) is 0 Å². The molecule has 0 aromatic carbocycles. The molecule has 0 aliphatic heterocycles. The van der Waals surface area contributed by atoms with Crippen molar-refractivity contribution in [3.8, 4) is 0 Å². The van der Waals surface area contributed by atoms with Gasteiger partial charge in [-0.3, -0.25) is 4.79 Å². The molecular weight excluding hydrogens is 234 g/mol. The number of amides is 1. The van der Waals surface area contributed by atoms with E-state index in [-0.39, 0.29) is 18.6 Å². The molecule has 0 aromatic rings. The van der Waals surface area contributed by atoms with Crippen LogP contribution in [0.4, 0.5) is 0 Å². The zero-order valence-corrected chi connectivity index (χ0v) is 11.0. The second kappa shape index (κ2) is 8.08. The van der Waals surface area contributed by atoms with Crippen molar-refractivity contribution in [1.82, 2.24) is 5.32 Å². The molecule has 0 heterocycles. The molecule has 1 aliphatic rings. The van der Waals surface area contributed by atoms with Crippen molar-refractivity contribution in [2.75, 3.05) is 13.2 Å². The smallest absolute Gasteiger partial charge is 0.329 e. The topological polar surface area (TPSA) is 75.6 Å². The Morgan fingerprint density at radius 1 is 1.22 bits per heavy atom. The summed E-state index contributed by atoms with van der Waals surface area (Å²) in [6, 6.07) is 0.143. The quantitative estimate of drug-likeness (QED) is 0.708. The van der Waals surface area contributed by atoms with Gasteiger partial charge < -0.3 is 15.2 Å². The van der Waals surface area contributed by atoms with Gasteiger partial charge in [-0.15, -0.1) is 0 Å². The largest absolute Gasteiger partial charge is 0.480 e. The molecular formula is C13H23NO4. The summed E-state index contributed by atoms with van der Waals surface area (Å²) >= 11 is 0. The van der Waals surface area contributed by atoms with Crippen molar-refractivity contribution in [2.45, 2.75) is 51.5 Å². The second-order valence-electron chi connectivity index (χ2n) is 4.99. The Hall–Kier alpha value is -1.10. The van der Waals surface area contributed by atoms with Crippen LogP contribution in [-0.2, 0) is 14.3 Å². The highest BCUT2D eigenvalue weighted by molar-refractivity contribution is 5.78. The monoisotopic (exact) mass is 257 g/mol. The molecule has 0 saturated heterocycles. The molecule has 0 bridgehead atoms. The first-order valence-electron chi connectivity index (χ1n) is 6.68. The first-order valence-corrected chi connectivity index (χ1v) is 6.68. The molecule has 1 aliphatic carbocycles. The summed E-state index contributed by atoms with van der Waals surface area (Å²) in [6.07, 6.45) is 7.38. The van der Waals surface area contributed by atoms with Crippen molar-refractivity contribution in [1.29, 1.82) is 0 Å². The Balaban J connectivity index is 2.22. The van der Waals surface area contributed by atoms with E-state index in [1.165, 1.54) is 25.7 Å². The Kier molecular flexibility index (Phi) is 6.72. The normalized spacial score (nSPS) is 18.9. The van der Waals surface area contributed by atoms with Gasteiger partial charge >= 0.3 is 5.97 Å². The van der Waals surface area contributed by atoms with Crippen LogP contribution in [0.3, 0.4) is 0 Å². The molecule has 104 valence electrons. The highest BCUT2D eigenvalue weighted by Gasteiger charge is 2.20. The van der Waals surface area contributed by atoms with E-state index in [4.69, 9.17) is 9.84 Å². The predicted octanol–water partition coefficient (Wildman–Crippen LogP) is 1.56. The van der Waals surface area contributed by atoms with Crippen LogP contribution in [0.15, 0.2) is 0 Å². The molecule has 0 unspecified atom stereocenters. The zero-order valence-electron chi connectivity index (χ0n) is 11.0. The molecule has 0 radical (unpaired) electrons. The van der Waals surface area contributed by atoms with E-state index in [0.29, 0.717) is 5.92 Å². The maximum absolute atomic E-state index is 11.5. The standard InChI is InChI=1S/C13H23NO4/c1-10(11-6-4-2-3-5-7-11)14-12(15)8-18-9-13(16)17/h10-11H,2-9H2,1H3,(H,14,15)(H,16,17)/t10-/m0/s1. The first-order chi connectivity index (χ1) is 8.59. The molecule has 5 nitrogen and oxygen atoms in total. The van der Waals surface area contributed by atoms with Crippen LogP contribution in [0.5, 0.6) is 0 Å². The van der Waals surface area contributed by atoms with Crippen molar-refractivity contribution in [3.63, 3.8) is 0 Å². The molecule has 1 amide bonds. The number of aliphatic carboxylic acids is 1. The molecule has 2 N–H and O–H groups in total. The third-order valence-electron chi connectivity index (χ3n) is 3.45. The van der Waals surface area contributed by atoms with Gasteiger partial charge in [0.1, 0.15) is 13.2 Å². The minimum absolute atomic E-state index is 0.143. The summed E-state index contributed by atoms with van der Waals surface area (Å²) < 4.78 is 4.76. The number of carboxylic acids is 1. The van der Waals surface area contributed by atoms with Crippen molar-refractivity contribution < 1.29 is 19.4 Å². The van der Waals surface area contributed by atoms with E-state index in [1.807, 2.05) is 6.92 Å². The number of carbonyl (C=O) groups excluding carboxylic acids is 1. The Morgan fingerprint density at radius 3 is 2.39 bits per heavy atom. The minimum Gasteiger partial charge on any atom is -0.480 e. The second-order valence-corrected chi connectivity index (χ2v) is 4.99. The third-order valence-corrected chi connectivity index (χ3v) is 3.45. The summed E-state index contributed by atoms with van der Waals surface area (Å²) in [7, 11) is 0.